The first-order valence-corrected chi connectivity index (χ1v) is 7.71. The van der Waals surface area contributed by atoms with Gasteiger partial charge < -0.3 is 20.5 Å². The molecule has 24 heavy (non-hydrogen) atoms. The van der Waals surface area contributed by atoms with Crippen LogP contribution >= 0.6 is 0 Å². The van der Waals surface area contributed by atoms with Gasteiger partial charge in [0.15, 0.2) is 5.82 Å². The number of rotatable bonds is 6. The maximum Gasteiger partial charge on any atom is 0.319 e. The van der Waals surface area contributed by atoms with Crippen molar-refractivity contribution in [2.45, 2.75) is 33.2 Å². The fourth-order valence-corrected chi connectivity index (χ4v) is 2.07. The Hall–Kier alpha value is -2.90. The summed E-state index contributed by atoms with van der Waals surface area (Å²) < 4.78 is 5.01. The molecule has 2 aromatic rings. The molecule has 3 amide bonds. The van der Waals surface area contributed by atoms with E-state index in [0.29, 0.717) is 30.4 Å². The Bertz CT molecular complexity index is 696. The predicted molar refractivity (Wildman–Crippen MR) is 88.4 cm³/mol. The van der Waals surface area contributed by atoms with Gasteiger partial charge in [0.2, 0.25) is 11.8 Å². The molecule has 1 aromatic carbocycles. The molecule has 0 aliphatic rings. The summed E-state index contributed by atoms with van der Waals surface area (Å²) in [6.45, 7) is 5.95. The normalized spacial score (nSPS) is 11.6. The Morgan fingerprint density at radius 2 is 1.96 bits per heavy atom. The minimum atomic E-state index is -0.400. The average molecular weight is 331 g/mol. The van der Waals surface area contributed by atoms with E-state index >= 15 is 0 Å². The molecule has 0 fully saturated rings. The molecule has 0 bridgehead atoms. The molecule has 0 unspecified atom stereocenters. The molecule has 0 radical (unpaired) electrons. The van der Waals surface area contributed by atoms with E-state index in [4.69, 9.17) is 4.52 Å². The van der Waals surface area contributed by atoms with E-state index < -0.39 is 6.04 Å². The second-order valence-electron chi connectivity index (χ2n) is 5.33. The fraction of sp³-hybridized carbons (Fsp3) is 0.375. The van der Waals surface area contributed by atoms with Gasteiger partial charge in [-0.2, -0.15) is 4.98 Å². The average Bonchev–Trinajstić information content (AvgIpc) is 2.96. The lowest BCUT2D eigenvalue weighted by molar-refractivity contribution is -0.120. The number of amides is 3. The molecule has 0 saturated heterocycles. The number of hydrogen-bond donors (Lipinski definition) is 3. The van der Waals surface area contributed by atoms with E-state index in [1.807, 2.05) is 6.92 Å². The fourth-order valence-electron chi connectivity index (χ4n) is 2.07. The van der Waals surface area contributed by atoms with Crippen molar-refractivity contribution in [1.82, 2.24) is 20.8 Å². The SMILES string of the molecule is CCNC(=O)Cc1ccc(NC(=O)N[C@@H](C)c2nc(C)no2)cc1. The first-order valence-electron chi connectivity index (χ1n) is 7.71. The minimum absolute atomic E-state index is 0.0281. The third-order valence-electron chi connectivity index (χ3n) is 3.21. The Balaban J connectivity index is 1.86. The summed E-state index contributed by atoms with van der Waals surface area (Å²) >= 11 is 0. The zero-order chi connectivity index (χ0) is 17.5. The van der Waals surface area contributed by atoms with Crippen LogP contribution in [0.15, 0.2) is 28.8 Å². The van der Waals surface area contributed by atoms with E-state index in [0.717, 1.165) is 5.56 Å². The maximum atomic E-state index is 12.0. The summed E-state index contributed by atoms with van der Waals surface area (Å²) in [5.74, 6) is 0.835. The summed E-state index contributed by atoms with van der Waals surface area (Å²) in [6, 6.07) is 6.31. The van der Waals surface area contributed by atoms with Gasteiger partial charge in [-0.05, 0) is 38.5 Å². The summed E-state index contributed by atoms with van der Waals surface area (Å²) in [5, 5.41) is 11.9. The molecule has 0 spiro atoms. The third kappa shape index (κ3) is 5.08. The van der Waals surface area contributed by atoms with Crippen LogP contribution in [0.2, 0.25) is 0 Å². The third-order valence-corrected chi connectivity index (χ3v) is 3.21. The Kier molecular flexibility index (Phi) is 5.89. The number of carbonyl (C=O) groups excluding carboxylic acids is 2. The van der Waals surface area contributed by atoms with E-state index in [1.54, 1.807) is 38.1 Å². The van der Waals surface area contributed by atoms with Crippen molar-refractivity contribution >= 4 is 17.6 Å². The lowest BCUT2D eigenvalue weighted by Crippen LogP contribution is -2.31. The Labute approximate surface area is 140 Å². The quantitative estimate of drug-likeness (QED) is 0.749. The van der Waals surface area contributed by atoms with Gasteiger partial charge in [0.25, 0.3) is 0 Å². The molecule has 0 aliphatic carbocycles. The lowest BCUT2D eigenvalue weighted by Gasteiger charge is -2.11. The van der Waals surface area contributed by atoms with Crippen LogP contribution in [-0.4, -0.2) is 28.6 Å². The number of urea groups is 1. The Morgan fingerprint density at radius 1 is 1.25 bits per heavy atom. The predicted octanol–water partition coefficient (Wildman–Crippen LogP) is 1.94. The number of aromatic nitrogens is 2. The Morgan fingerprint density at radius 3 is 2.54 bits per heavy atom. The van der Waals surface area contributed by atoms with Crippen LogP contribution < -0.4 is 16.0 Å². The number of benzene rings is 1. The molecule has 3 N–H and O–H groups in total. The van der Waals surface area contributed by atoms with Gasteiger partial charge in [0, 0.05) is 12.2 Å². The zero-order valence-corrected chi connectivity index (χ0v) is 13.9. The molecular formula is C16H21N5O3. The van der Waals surface area contributed by atoms with Crippen molar-refractivity contribution in [2.24, 2.45) is 0 Å². The van der Waals surface area contributed by atoms with Crippen LogP contribution in [0.25, 0.3) is 0 Å². The van der Waals surface area contributed by atoms with E-state index in [1.165, 1.54) is 0 Å². The summed E-state index contributed by atoms with van der Waals surface area (Å²) in [5.41, 5.74) is 1.50. The van der Waals surface area contributed by atoms with Crippen molar-refractivity contribution in [2.75, 3.05) is 11.9 Å². The maximum absolute atomic E-state index is 12.0. The molecule has 8 nitrogen and oxygen atoms in total. The van der Waals surface area contributed by atoms with Crippen LogP contribution in [0.4, 0.5) is 10.5 Å². The van der Waals surface area contributed by atoms with Gasteiger partial charge in [-0.1, -0.05) is 17.3 Å². The number of nitrogens with one attached hydrogen (secondary N) is 3. The molecular weight excluding hydrogens is 310 g/mol. The van der Waals surface area contributed by atoms with Gasteiger partial charge in [0.1, 0.15) is 6.04 Å². The molecule has 8 heteroatoms. The molecule has 1 heterocycles. The van der Waals surface area contributed by atoms with Gasteiger partial charge >= 0.3 is 6.03 Å². The summed E-state index contributed by atoms with van der Waals surface area (Å²) in [7, 11) is 0. The minimum Gasteiger partial charge on any atom is -0.356 e. The summed E-state index contributed by atoms with van der Waals surface area (Å²) in [6.07, 6.45) is 0.313. The number of carbonyl (C=O) groups is 2. The van der Waals surface area contributed by atoms with Crippen LogP contribution in [0.5, 0.6) is 0 Å². The number of aryl methyl sites for hydroxylation is 1. The highest BCUT2D eigenvalue weighted by atomic mass is 16.5. The first kappa shape index (κ1) is 17.5. The van der Waals surface area contributed by atoms with Crippen LogP contribution in [-0.2, 0) is 11.2 Å². The molecule has 0 saturated carbocycles. The highest BCUT2D eigenvalue weighted by Gasteiger charge is 2.15. The molecule has 1 aromatic heterocycles. The number of hydrogen-bond acceptors (Lipinski definition) is 5. The molecule has 2 rings (SSSR count). The van der Waals surface area contributed by atoms with E-state index in [2.05, 4.69) is 26.1 Å². The van der Waals surface area contributed by atoms with Crippen LogP contribution in [0.3, 0.4) is 0 Å². The second kappa shape index (κ2) is 8.09. The monoisotopic (exact) mass is 331 g/mol. The van der Waals surface area contributed by atoms with Crippen LogP contribution in [0.1, 0.15) is 37.2 Å². The van der Waals surface area contributed by atoms with Gasteiger partial charge in [-0.3, -0.25) is 4.79 Å². The lowest BCUT2D eigenvalue weighted by atomic mass is 10.1. The standard InChI is InChI=1S/C16H21N5O3/c1-4-17-14(22)9-12-5-7-13(8-6-12)20-16(23)18-10(2)15-19-11(3)21-24-15/h5-8,10H,4,9H2,1-3H3,(H,17,22)(H2,18,20,23)/t10-/m0/s1. The van der Waals surface area contributed by atoms with Crippen molar-refractivity contribution in [1.29, 1.82) is 0 Å². The topological polar surface area (TPSA) is 109 Å². The number of likely N-dealkylation sites (N-methyl/N-ethyl adjacent to an activating group) is 1. The van der Waals surface area contributed by atoms with E-state index in [-0.39, 0.29) is 11.9 Å². The smallest absolute Gasteiger partial charge is 0.319 e. The molecule has 0 aliphatic heterocycles. The van der Waals surface area contributed by atoms with Crippen molar-refractivity contribution in [3.05, 3.63) is 41.5 Å². The van der Waals surface area contributed by atoms with Crippen molar-refractivity contribution in [3.8, 4) is 0 Å². The van der Waals surface area contributed by atoms with Crippen LogP contribution in [0, 0.1) is 6.92 Å². The zero-order valence-electron chi connectivity index (χ0n) is 13.9. The summed E-state index contributed by atoms with van der Waals surface area (Å²) in [4.78, 5) is 27.6. The number of anilines is 1. The van der Waals surface area contributed by atoms with Crippen molar-refractivity contribution < 1.29 is 14.1 Å². The van der Waals surface area contributed by atoms with E-state index in [9.17, 15) is 9.59 Å². The van der Waals surface area contributed by atoms with Gasteiger partial charge in [-0.15, -0.1) is 0 Å². The van der Waals surface area contributed by atoms with Crippen molar-refractivity contribution in [3.63, 3.8) is 0 Å². The van der Waals surface area contributed by atoms with Gasteiger partial charge in [0.05, 0.1) is 6.42 Å². The highest BCUT2D eigenvalue weighted by molar-refractivity contribution is 5.89. The second-order valence-corrected chi connectivity index (χ2v) is 5.33. The van der Waals surface area contributed by atoms with Gasteiger partial charge in [-0.25, -0.2) is 4.79 Å². The first-order chi connectivity index (χ1) is 11.5. The molecule has 1 atom stereocenters. The number of nitrogens with zero attached hydrogens (tertiary/aromatic N) is 2. The largest absolute Gasteiger partial charge is 0.356 e. The highest BCUT2D eigenvalue weighted by Crippen LogP contribution is 2.12. The molecule has 128 valence electrons.